The first kappa shape index (κ1) is 28.9. The van der Waals surface area contributed by atoms with Gasteiger partial charge >= 0.3 is 0 Å². The summed E-state index contributed by atoms with van der Waals surface area (Å²) in [4.78, 5) is 0. The van der Waals surface area contributed by atoms with Crippen molar-refractivity contribution in [3.05, 3.63) is 5.21 Å². The molecule has 1 N–H and O–H groups in total. The summed E-state index contributed by atoms with van der Waals surface area (Å²) in [7, 11) is 1.82. The van der Waals surface area contributed by atoms with E-state index in [1.54, 1.807) is 0 Å². The molecule has 0 aromatic heterocycles. The van der Waals surface area contributed by atoms with Gasteiger partial charge in [0.15, 0.2) is 0 Å². The van der Waals surface area contributed by atoms with Crippen molar-refractivity contribution in [1.82, 2.24) is 0 Å². The predicted molar refractivity (Wildman–Crippen MR) is 132 cm³/mol. The van der Waals surface area contributed by atoms with E-state index in [2.05, 4.69) is 13.8 Å². The normalized spacial score (nSPS) is 13.7. The molecule has 0 aromatic carbocycles. The van der Waals surface area contributed by atoms with Crippen molar-refractivity contribution in [2.75, 3.05) is 7.05 Å². The van der Waals surface area contributed by atoms with Crippen LogP contribution in [0.2, 0.25) is 0 Å². The Hall–Kier alpha value is -0.0800. The lowest BCUT2D eigenvalue weighted by Gasteiger charge is -2.28. The van der Waals surface area contributed by atoms with Crippen molar-refractivity contribution < 1.29 is 5.06 Å². The van der Waals surface area contributed by atoms with Gasteiger partial charge in [0.1, 0.15) is 0 Å². The molecule has 2 unspecified atom stereocenters. The first-order chi connectivity index (χ1) is 14.2. The van der Waals surface area contributed by atoms with Gasteiger partial charge in [-0.05, 0) is 25.7 Å². The maximum atomic E-state index is 11.9. The minimum Gasteiger partial charge on any atom is -0.634 e. The third kappa shape index (κ3) is 22.4. The van der Waals surface area contributed by atoms with Gasteiger partial charge in [-0.25, -0.2) is 0 Å². The fraction of sp³-hybridized carbons (Fsp3) is 1.00. The molecular formula is C27H57NO. The summed E-state index contributed by atoms with van der Waals surface area (Å²) in [5.41, 5.74) is 0. The van der Waals surface area contributed by atoms with Crippen LogP contribution in [0.1, 0.15) is 162 Å². The Bertz CT molecular complexity index is 292. The maximum Gasteiger partial charge on any atom is 0.0869 e. The Kier molecular flexibility index (Phi) is 24.1. The van der Waals surface area contributed by atoms with E-state index in [4.69, 9.17) is 0 Å². The molecule has 0 aliphatic heterocycles. The lowest BCUT2D eigenvalue weighted by atomic mass is 9.99. The van der Waals surface area contributed by atoms with Crippen LogP contribution in [0, 0.1) is 5.21 Å². The third-order valence-corrected chi connectivity index (χ3v) is 6.64. The van der Waals surface area contributed by atoms with E-state index >= 15 is 0 Å². The Morgan fingerprint density at radius 2 is 0.690 bits per heavy atom. The lowest BCUT2D eigenvalue weighted by molar-refractivity contribution is -0.855. The zero-order valence-electron chi connectivity index (χ0n) is 20.7. The smallest absolute Gasteiger partial charge is 0.0869 e. The summed E-state index contributed by atoms with van der Waals surface area (Å²) < 4.78 is 0. The van der Waals surface area contributed by atoms with Crippen LogP contribution in [-0.4, -0.2) is 13.1 Å². The molecule has 0 saturated carbocycles. The predicted octanol–water partition coefficient (Wildman–Crippen LogP) is 8.38. The number of hydroxylamine groups is 2. The Morgan fingerprint density at radius 3 is 0.931 bits per heavy atom. The highest BCUT2D eigenvalue weighted by atomic mass is 16.5. The summed E-state index contributed by atoms with van der Waals surface area (Å²) in [6, 6.07) is 0.350. The molecule has 29 heavy (non-hydrogen) atoms. The van der Waals surface area contributed by atoms with Gasteiger partial charge in [0.05, 0.1) is 13.1 Å². The second-order valence-corrected chi connectivity index (χ2v) is 9.60. The second kappa shape index (κ2) is 24.2. The molecule has 0 radical (unpaired) electrons. The van der Waals surface area contributed by atoms with Gasteiger partial charge in [-0.1, -0.05) is 136 Å². The molecule has 0 heterocycles. The van der Waals surface area contributed by atoms with Crippen LogP contribution in [-0.2, 0) is 0 Å². The Labute approximate surface area is 185 Å². The third-order valence-electron chi connectivity index (χ3n) is 6.64. The molecule has 176 valence electrons. The van der Waals surface area contributed by atoms with Crippen LogP contribution in [0.5, 0.6) is 0 Å². The van der Waals surface area contributed by atoms with Crippen molar-refractivity contribution in [2.45, 2.75) is 168 Å². The largest absolute Gasteiger partial charge is 0.634 e. The van der Waals surface area contributed by atoms with Gasteiger partial charge in [-0.3, -0.25) is 0 Å². The number of nitrogens with one attached hydrogen (secondary N) is 1. The van der Waals surface area contributed by atoms with Gasteiger partial charge in [0.25, 0.3) is 0 Å². The standard InChI is InChI=1S/C27H57NO/c1-4-6-8-10-12-14-15-16-18-20-22-24-26-27(28(3)29)25-23-21-19-17-13-11-9-7-5-2/h27-28H,4-26H2,1-3H3. The molecule has 2 atom stereocenters. The molecule has 0 saturated heterocycles. The van der Waals surface area contributed by atoms with Crippen molar-refractivity contribution in [3.8, 4) is 0 Å². The number of quaternary nitrogens is 1. The van der Waals surface area contributed by atoms with Crippen LogP contribution in [0.25, 0.3) is 0 Å². The number of hydrogen-bond acceptors (Lipinski definition) is 1. The average molecular weight is 412 g/mol. The van der Waals surface area contributed by atoms with Gasteiger partial charge in [0, 0.05) is 0 Å². The summed E-state index contributed by atoms with van der Waals surface area (Å²) >= 11 is 0. The molecule has 0 rings (SSSR count). The second-order valence-electron chi connectivity index (χ2n) is 9.60. The van der Waals surface area contributed by atoms with Gasteiger partial charge in [-0.15, -0.1) is 0 Å². The van der Waals surface area contributed by atoms with E-state index in [9.17, 15) is 5.21 Å². The van der Waals surface area contributed by atoms with E-state index in [-0.39, 0.29) is 0 Å². The number of unbranched alkanes of at least 4 members (excludes halogenated alkanes) is 19. The molecule has 0 spiro atoms. The Balaban J connectivity index is 3.42. The highest BCUT2D eigenvalue weighted by Crippen LogP contribution is 2.15. The lowest BCUT2D eigenvalue weighted by Crippen LogP contribution is -3.08. The minimum absolute atomic E-state index is 0.350. The van der Waals surface area contributed by atoms with Gasteiger partial charge in [-0.2, -0.15) is 0 Å². The van der Waals surface area contributed by atoms with Crippen LogP contribution >= 0.6 is 0 Å². The molecule has 0 aliphatic carbocycles. The van der Waals surface area contributed by atoms with E-state index < -0.39 is 0 Å². The molecule has 0 amide bonds. The van der Waals surface area contributed by atoms with Gasteiger partial charge in [0.2, 0.25) is 0 Å². The zero-order valence-corrected chi connectivity index (χ0v) is 20.7. The van der Waals surface area contributed by atoms with Crippen LogP contribution in [0.15, 0.2) is 0 Å². The summed E-state index contributed by atoms with van der Waals surface area (Å²) in [6.07, 6.45) is 31.4. The monoisotopic (exact) mass is 411 g/mol. The maximum absolute atomic E-state index is 11.9. The molecule has 2 nitrogen and oxygen atoms in total. The van der Waals surface area contributed by atoms with Crippen molar-refractivity contribution in [1.29, 1.82) is 0 Å². The van der Waals surface area contributed by atoms with E-state index in [0.717, 1.165) is 12.8 Å². The van der Waals surface area contributed by atoms with Crippen LogP contribution in [0.4, 0.5) is 0 Å². The van der Waals surface area contributed by atoms with E-state index in [1.807, 2.05) is 7.05 Å². The quantitative estimate of drug-likeness (QED) is 0.125. The first-order valence-corrected chi connectivity index (χ1v) is 13.7. The van der Waals surface area contributed by atoms with Crippen molar-refractivity contribution >= 4 is 0 Å². The molecule has 0 bridgehead atoms. The number of hydrogen-bond donors (Lipinski definition) is 1. The zero-order chi connectivity index (χ0) is 21.4. The highest BCUT2D eigenvalue weighted by molar-refractivity contribution is 4.59. The molecular weight excluding hydrogens is 354 g/mol. The SMILES string of the molecule is CCCCCCCCCCCCCCC(CCCCCCCCCCC)[NH+](C)[O-]. The number of rotatable bonds is 24. The van der Waals surface area contributed by atoms with Crippen LogP contribution in [0.3, 0.4) is 0 Å². The molecule has 0 aliphatic rings. The van der Waals surface area contributed by atoms with E-state index in [1.165, 1.54) is 135 Å². The highest BCUT2D eigenvalue weighted by Gasteiger charge is 2.11. The summed E-state index contributed by atoms with van der Waals surface area (Å²) in [5.74, 6) is 0. The van der Waals surface area contributed by atoms with Crippen molar-refractivity contribution in [3.63, 3.8) is 0 Å². The van der Waals surface area contributed by atoms with E-state index in [0.29, 0.717) is 11.1 Å². The average Bonchev–Trinajstić information content (AvgIpc) is 2.71. The van der Waals surface area contributed by atoms with Gasteiger partial charge < -0.3 is 10.3 Å². The summed E-state index contributed by atoms with van der Waals surface area (Å²) in [5, 5.41) is 12.4. The summed E-state index contributed by atoms with van der Waals surface area (Å²) in [6.45, 7) is 4.57. The van der Waals surface area contributed by atoms with Crippen molar-refractivity contribution in [2.24, 2.45) is 0 Å². The molecule has 2 heteroatoms. The van der Waals surface area contributed by atoms with Crippen LogP contribution < -0.4 is 5.06 Å². The topological polar surface area (TPSA) is 27.5 Å². The molecule has 0 fully saturated rings. The minimum atomic E-state index is 0.350. The Morgan fingerprint density at radius 1 is 0.448 bits per heavy atom. The fourth-order valence-electron chi connectivity index (χ4n) is 4.48. The fourth-order valence-corrected chi connectivity index (χ4v) is 4.48. The first-order valence-electron chi connectivity index (χ1n) is 13.7. The molecule has 0 aromatic rings.